The van der Waals surface area contributed by atoms with Crippen molar-refractivity contribution in [2.24, 2.45) is 0 Å². The number of aliphatic hydroxyl groups excluding tert-OH is 4. The molecule has 4 unspecified atom stereocenters. The number of unbranched alkanes of at least 4 members (excludes halogenated alkanes) is 2. The number of rotatable bonds is 10. The van der Waals surface area contributed by atoms with Gasteiger partial charge in [0, 0.05) is 18.0 Å². The van der Waals surface area contributed by atoms with E-state index in [0.717, 1.165) is 24.8 Å². The number of hydrogen-bond donors (Lipinski definition) is 4. The average Bonchev–Trinajstić information content (AvgIpc) is 3.27. The van der Waals surface area contributed by atoms with E-state index in [1.807, 2.05) is 4.90 Å². The lowest BCUT2D eigenvalue weighted by Crippen LogP contribution is -2.62. The summed E-state index contributed by atoms with van der Waals surface area (Å²) in [5.74, 6) is 0. The summed E-state index contributed by atoms with van der Waals surface area (Å²) in [4.78, 5) is 3.13. The van der Waals surface area contributed by atoms with Crippen molar-refractivity contribution in [1.82, 2.24) is 4.90 Å². The van der Waals surface area contributed by atoms with Crippen molar-refractivity contribution in [3.63, 3.8) is 0 Å². The first-order chi connectivity index (χ1) is 14.1. The molecule has 160 valence electrons. The Morgan fingerprint density at radius 1 is 1.00 bits per heavy atom. The summed E-state index contributed by atoms with van der Waals surface area (Å²) in [5.41, 5.74) is 2.39. The minimum atomic E-state index is -1.20. The Morgan fingerprint density at radius 3 is 2.48 bits per heavy atom. The first-order valence-corrected chi connectivity index (χ1v) is 11.1. The Balaban J connectivity index is 1.30. The summed E-state index contributed by atoms with van der Waals surface area (Å²) in [6.07, 6.45) is -0.540. The van der Waals surface area contributed by atoms with Crippen LogP contribution in [0.3, 0.4) is 0 Å². The van der Waals surface area contributed by atoms with Gasteiger partial charge in [-0.05, 0) is 48.4 Å². The van der Waals surface area contributed by atoms with Gasteiger partial charge in [0.15, 0.2) is 0 Å². The molecule has 1 saturated heterocycles. The molecule has 4 atom stereocenters. The van der Waals surface area contributed by atoms with Crippen LogP contribution in [-0.4, -0.2) is 76.0 Å². The standard InChI is InChI=1S/C22H31NO5S/c24-14-18-21(26)22(27)19(25)13-23(18)10-2-1-3-11-28-15-16-6-8-17(9-7-16)20-5-4-12-29-20/h4-9,12,18-19,21-22,24-27H,1-3,10-11,13-15H2. The highest BCUT2D eigenvalue weighted by molar-refractivity contribution is 7.13. The number of hydrogen-bond acceptors (Lipinski definition) is 7. The second-order valence-electron chi connectivity index (χ2n) is 7.58. The van der Waals surface area contributed by atoms with Gasteiger partial charge in [-0.1, -0.05) is 30.3 Å². The van der Waals surface area contributed by atoms with Gasteiger partial charge < -0.3 is 25.2 Å². The van der Waals surface area contributed by atoms with Gasteiger partial charge in [-0.2, -0.15) is 0 Å². The van der Waals surface area contributed by atoms with Crippen LogP contribution in [0.25, 0.3) is 10.4 Å². The van der Waals surface area contributed by atoms with Gasteiger partial charge >= 0.3 is 0 Å². The minimum absolute atomic E-state index is 0.237. The van der Waals surface area contributed by atoms with Crippen molar-refractivity contribution in [1.29, 1.82) is 0 Å². The molecule has 2 aromatic rings. The molecule has 0 amide bonds. The normalized spacial score (nSPS) is 25.4. The lowest BCUT2D eigenvalue weighted by atomic mass is 9.94. The molecule has 2 heterocycles. The highest BCUT2D eigenvalue weighted by atomic mass is 32.1. The van der Waals surface area contributed by atoms with E-state index < -0.39 is 24.4 Å². The fourth-order valence-corrected chi connectivity index (χ4v) is 4.46. The quantitative estimate of drug-likeness (QED) is 0.438. The van der Waals surface area contributed by atoms with Crippen molar-refractivity contribution in [3.05, 3.63) is 47.3 Å². The summed E-state index contributed by atoms with van der Waals surface area (Å²) in [6, 6.07) is 12.1. The Labute approximate surface area is 176 Å². The van der Waals surface area contributed by atoms with E-state index in [1.165, 1.54) is 10.4 Å². The number of β-amino-alcohol motifs (C(OH)–C–C–N with tert-alkyl or cyclic N) is 1. The van der Waals surface area contributed by atoms with Gasteiger partial charge in [0.25, 0.3) is 0 Å². The van der Waals surface area contributed by atoms with Gasteiger partial charge in [0.05, 0.1) is 25.4 Å². The van der Waals surface area contributed by atoms with E-state index in [2.05, 4.69) is 41.8 Å². The molecule has 1 aliphatic heterocycles. The van der Waals surface area contributed by atoms with Crippen LogP contribution in [0.1, 0.15) is 24.8 Å². The summed E-state index contributed by atoms with van der Waals surface area (Å²) < 4.78 is 5.77. The van der Waals surface area contributed by atoms with Crippen molar-refractivity contribution < 1.29 is 25.2 Å². The van der Waals surface area contributed by atoms with E-state index >= 15 is 0 Å². The SMILES string of the molecule is OCC1C(O)C(O)C(O)CN1CCCCCOCc1ccc(-c2cccs2)cc1. The third-order valence-corrected chi connectivity index (χ3v) is 6.40. The third-order valence-electron chi connectivity index (χ3n) is 5.48. The molecular weight excluding hydrogens is 390 g/mol. The van der Waals surface area contributed by atoms with E-state index in [-0.39, 0.29) is 13.2 Å². The largest absolute Gasteiger partial charge is 0.395 e. The zero-order valence-electron chi connectivity index (χ0n) is 16.6. The molecule has 3 rings (SSSR count). The van der Waals surface area contributed by atoms with Gasteiger partial charge in [-0.15, -0.1) is 11.3 Å². The first-order valence-electron chi connectivity index (χ1n) is 10.2. The van der Waals surface area contributed by atoms with Crippen LogP contribution in [-0.2, 0) is 11.3 Å². The highest BCUT2D eigenvalue weighted by Gasteiger charge is 2.40. The van der Waals surface area contributed by atoms with Crippen molar-refractivity contribution in [2.75, 3.05) is 26.3 Å². The topological polar surface area (TPSA) is 93.4 Å². The molecule has 6 nitrogen and oxygen atoms in total. The zero-order chi connectivity index (χ0) is 20.6. The number of ether oxygens (including phenoxy) is 1. The van der Waals surface area contributed by atoms with Crippen LogP contribution in [0.2, 0.25) is 0 Å². The maximum Gasteiger partial charge on any atom is 0.109 e. The molecule has 4 N–H and O–H groups in total. The van der Waals surface area contributed by atoms with Crippen LogP contribution in [0.5, 0.6) is 0 Å². The second-order valence-corrected chi connectivity index (χ2v) is 8.53. The van der Waals surface area contributed by atoms with E-state index in [0.29, 0.717) is 19.8 Å². The van der Waals surface area contributed by atoms with Crippen LogP contribution in [0.15, 0.2) is 41.8 Å². The fourth-order valence-electron chi connectivity index (χ4n) is 3.73. The predicted molar refractivity (Wildman–Crippen MR) is 114 cm³/mol. The van der Waals surface area contributed by atoms with E-state index in [9.17, 15) is 20.4 Å². The smallest absolute Gasteiger partial charge is 0.109 e. The van der Waals surface area contributed by atoms with Crippen LogP contribution >= 0.6 is 11.3 Å². The average molecular weight is 422 g/mol. The number of likely N-dealkylation sites (tertiary alicyclic amines) is 1. The second kappa shape index (κ2) is 11.2. The maximum absolute atomic E-state index is 10.00. The summed E-state index contributed by atoms with van der Waals surface area (Å²) >= 11 is 1.73. The molecule has 1 aromatic carbocycles. The molecule has 7 heteroatoms. The number of nitrogens with zero attached hydrogens (tertiary/aromatic N) is 1. The zero-order valence-corrected chi connectivity index (χ0v) is 17.4. The Morgan fingerprint density at radius 2 is 1.79 bits per heavy atom. The summed E-state index contributed by atoms with van der Waals surface area (Å²) in [5, 5.41) is 41.1. The molecule has 0 spiro atoms. The molecule has 1 aromatic heterocycles. The van der Waals surface area contributed by atoms with Crippen molar-refractivity contribution in [2.45, 2.75) is 50.2 Å². The lowest BCUT2D eigenvalue weighted by Gasteiger charge is -2.43. The van der Waals surface area contributed by atoms with E-state index in [1.54, 1.807) is 11.3 Å². The molecule has 0 bridgehead atoms. The molecule has 0 saturated carbocycles. The Bertz CT molecular complexity index is 709. The maximum atomic E-state index is 10.00. The summed E-state index contributed by atoms with van der Waals surface area (Å²) in [7, 11) is 0. The van der Waals surface area contributed by atoms with Crippen LogP contribution in [0.4, 0.5) is 0 Å². The van der Waals surface area contributed by atoms with Gasteiger partial charge in [-0.3, -0.25) is 4.90 Å². The molecular formula is C22H31NO5S. The first kappa shape index (κ1) is 22.4. The lowest BCUT2D eigenvalue weighted by molar-refractivity contribution is -0.145. The van der Waals surface area contributed by atoms with Crippen LogP contribution in [0, 0.1) is 0 Å². The highest BCUT2D eigenvalue weighted by Crippen LogP contribution is 2.25. The van der Waals surface area contributed by atoms with E-state index in [4.69, 9.17) is 4.74 Å². The molecule has 1 aliphatic rings. The van der Waals surface area contributed by atoms with Gasteiger partial charge in [-0.25, -0.2) is 0 Å². The predicted octanol–water partition coefficient (Wildman–Crippen LogP) is 1.86. The summed E-state index contributed by atoms with van der Waals surface area (Å²) in [6.45, 7) is 1.97. The molecule has 1 fully saturated rings. The minimum Gasteiger partial charge on any atom is -0.395 e. The Hall–Kier alpha value is -1.32. The number of piperidine rings is 1. The monoisotopic (exact) mass is 421 g/mol. The van der Waals surface area contributed by atoms with Gasteiger partial charge in [0.2, 0.25) is 0 Å². The molecule has 29 heavy (non-hydrogen) atoms. The number of thiophene rings is 1. The van der Waals surface area contributed by atoms with Crippen LogP contribution < -0.4 is 0 Å². The number of benzene rings is 1. The molecule has 0 radical (unpaired) electrons. The van der Waals surface area contributed by atoms with Crippen molar-refractivity contribution >= 4 is 11.3 Å². The van der Waals surface area contributed by atoms with Gasteiger partial charge in [0.1, 0.15) is 12.2 Å². The molecule has 0 aliphatic carbocycles. The Kier molecular flexibility index (Phi) is 8.62. The fraction of sp³-hybridized carbons (Fsp3) is 0.545. The third kappa shape index (κ3) is 6.08. The van der Waals surface area contributed by atoms with Crippen molar-refractivity contribution in [3.8, 4) is 10.4 Å². The number of aliphatic hydroxyl groups is 4.